The van der Waals surface area contributed by atoms with Crippen LogP contribution in [0.2, 0.25) is 0 Å². The SMILES string of the molecule is COc1ccc2oc(C(=O)NCCc3ccc(-n4cccn4)cc3)c(C)c2c1. The number of furan rings is 1. The third-order valence-electron chi connectivity index (χ3n) is 4.75. The van der Waals surface area contributed by atoms with Crippen molar-refractivity contribution in [3.05, 3.63) is 77.8 Å². The maximum absolute atomic E-state index is 12.5. The number of methoxy groups -OCH3 is 1. The molecule has 28 heavy (non-hydrogen) atoms. The summed E-state index contributed by atoms with van der Waals surface area (Å²) in [5.74, 6) is 0.875. The molecule has 0 aliphatic heterocycles. The van der Waals surface area contributed by atoms with Crippen molar-refractivity contribution in [2.45, 2.75) is 13.3 Å². The van der Waals surface area contributed by atoms with E-state index in [1.807, 2.05) is 66.3 Å². The van der Waals surface area contributed by atoms with E-state index in [1.165, 1.54) is 0 Å². The molecule has 0 radical (unpaired) electrons. The van der Waals surface area contributed by atoms with Crippen LogP contribution >= 0.6 is 0 Å². The van der Waals surface area contributed by atoms with Gasteiger partial charge in [-0.05, 0) is 55.3 Å². The van der Waals surface area contributed by atoms with Crippen LogP contribution in [-0.4, -0.2) is 29.3 Å². The van der Waals surface area contributed by atoms with Crippen LogP contribution < -0.4 is 10.1 Å². The van der Waals surface area contributed by atoms with Gasteiger partial charge in [-0.15, -0.1) is 0 Å². The van der Waals surface area contributed by atoms with Crippen molar-refractivity contribution in [3.8, 4) is 11.4 Å². The zero-order valence-electron chi connectivity index (χ0n) is 15.8. The second-order valence-corrected chi connectivity index (χ2v) is 6.54. The molecule has 0 saturated heterocycles. The Kier molecular flexibility index (Phi) is 4.85. The summed E-state index contributed by atoms with van der Waals surface area (Å²) >= 11 is 0. The van der Waals surface area contributed by atoms with E-state index in [0.717, 1.165) is 34.4 Å². The molecule has 0 bridgehead atoms. The maximum atomic E-state index is 12.5. The van der Waals surface area contributed by atoms with Crippen LogP contribution in [0.15, 0.2) is 65.3 Å². The summed E-state index contributed by atoms with van der Waals surface area (Å²) in [7, 11) is 1.62. The van der Waals surface area contributed by atoms with Crippen molar-refractivity contribution >= 4 is 16.9 Å². The molecule has 6 heteroatoms. The third kappa shape index (κ3) is 3.49. The molecule has 2 aromatic carbocycles. The van der Waals surface area contributed by atoms with Crippen molar-refractivity contribution in [3.63, 3.8) is 0 Å². The van der Waals surface area contributed by atoms with E-state index in [9.17, 15) is 4.79 Å². The summed E-state index contributed by atoms with van der Waals surface area (Å²) in [6, 6.07) is 15.5. The highest BCUT2D eigenvalue weighted by atomic mass is 16.5. The van der Waals surface area contributed by atoms with Gasteiger partial charge in [-0.25, -0.2) is 4.68 Å². The number of aryl methyl sites for hydroxylation is 1. The fourth-order valence-corrected chi connectivity index (χ4v) is 3.18. The molecule has 142 valence electrons. The highest BCUT2D eigenvalue weighted by Gasteiger charge is 2.17. The molecule has 1 amide bonds. The Bertz CT molecular complexity index is 1100. The quantitative estimate of drug-likeness (QED) is 0.555. The predicted octanol–water partition coefficient (Wildman–Crippen LogP) is 3.91. The van der Waals surface area contributed by atoms with Crippen LogP contribution in [0.5, 0.6) is 5.75 Å². The van der Waals surface area contributed by atoms with Crippen molar-refractivity contribution in [1.29, 1.82) is 0 Å². The van der Waals surface area contributed by atoms with Crippen LogP contribution in [0.25, 0.3) is 16.7 Å². The number of fused-ring (bicyclic) bond motifs is 1. The molecule has 0 atom stereocenters. The molecular weight excluding hydrogens is 354 g/mol. The number of amides is 1. The Balaban J connectivity index is 1.39. The molecule has 0 unspecified atom stereocenters. The number of benzene rings is 2. The number of aromatic nitrogens is 2. The van der Waals surface area contributed by atoms with E-state index >= 15 is 0 Å². The molecule has 0 saturated carbocycles. The average Bonchev–Trinajstić information content (AvgIpc) is 3.37. The van der Waals surface area contributed by atoms with Gasteiger partial charge in [0, 0.05) is 29.9 Å². The minimum absolute atomic E-state index is 0.208. The Morgan fingerprint density at radius 1 is 1.21 bits per heavy atom. The number of hydrogen-bond donors (Lipinski definition) is 1. The van der Waals surface area contributed by atoms with Gasteiger partial charge in [-0.3, -0.25) is 4.79 Å². The summed E-state index contributed by atoms with van der Waals surface area (Å²) in [6.07, 6.45) is 4.39. The first-order chi connectivity index (χ1) is 13.7. The number of carbonyl (C=O) groups is 1. The lowest BCUT2D eigenvalue weighted by atomic mass is 10.1. The van der Waals surface area contributed by atoms with Crippen LogP contribution in [0.4, 0.5) is 0 Å². The van der Waals surface area contributed by atoms with Crippen LogP contribution in [0.3, 0.4) is 0 Å². The zero-order valence-corrected chi connectivity index (χ0v) is 15.8. The van der Waals surface area contributed by atoms with Gasteiger partial charge in [0.25, 0.3) is 5.91 Å². The standard InChI is InChI=1S/C22H21N3O3/c1-15-19-14-18(27-2)8-9-20(19)28-21(15)22(26)23-12-10-16-4-6-17(7-5-16)25-13-3-11-24-25/h3-9,11,13-14H,10,12H2,1-2H3,(H,23,26). The second kappa shape index (κ2) is 7.60. The molecule has 0 aliphatic rings. The molecule has 0 fully saturated rings. The molecule has 4 rings (SSSR count). The summed E-state index contributed by atoms with van der Waals surface area (Å²) in [5, 5.41) is 8.04. The van der Waals surface area contributed by atoms with E-state index in [0.29, 0.717) is 17.9 Å². The lowest BCUT2D eigenvalue weighted by molar-refractivity contribution is 0.0928. The van der Waals surface area contributed by atoms with E-state index in [4.69, 9.17) is 9.15 Å². The Hall–Kier alpha value is -3.54. The smallest absolute Gasteiger partial charge is 0.287 e. The number of rotatable bonds is 6. The van der Waals surface area contributed by atoms with Gasteiger partial charge < -0.3 is 14.5 Å². The third-order valence-corrected chi connectivity index (χ3v) is 4.75. The van der Waals surface area contributed by atoms with Gasteiger partial charge in [0.15, 0.2) is 5.76 Å². The van der Waals surface area contributed by atoms with Crippen molar-refractivity contribution < 1.29 is 13.9 Å². The van der Waals surface area contributed by atoms with E-state index in [1.54, 1.807) is 13.3 Å². The lowest BCUT2D eigenvalue weighted by Crippen LogP contribution is -2.25. The first-order valence-electron chi connectivity index (χ1n) is 9.10. The van der Waals surface area contributed by atoms with Gasteiger partial charge >= 0.3 is 0 Å². The van der Waals surface area contributed by atoms with Crippen LogP contribution in [0, 0.1) is 6.92 Å². The molecule has 4 aromatic rings. The van der Waals surface area contributed by atoms with Crippen LogP contribution in [-0.2, 0) is 6.42 Å². The predicted molar refractivity (Wildman–Crippen MR) is 107 cm³/mol. The monoisotopic (exact) mass is 375 g/mol. The number of nitrogens with zero attached hydrogens (tertiary/aromatic N) is 2. The van der Waals surface area contributed by atoms with E-state index < -0.39 is 0 Å². The molecule has 2 aromatic heterocycles. The summed E-state index contributed by atoms with van der Waals surface area (Å²) in [4.78, 5) is 12.5. The number of ether oxygens (including phenoxy) is 1. The van der Waals surface area contributed by atoms with Gasteiger partial charge in [0.05, 0.1) is 12.8 Å². The van der Waals surface area contributed by atoms with E-state index in [2.05, 4.69) is 10.4 Å². The Labute approximate surface area is 162 Å². The Morgan fingerprint density at radius 3 is 2.75 bits per heavy atom. The minimum atomic E-state index is -0.208. The molecular formula is C22H21N3O3. The molecule has 0 aliphatic carbocycles. The van der Waals surface area contributed by atoms with Gasteiger partial charge in [-0.1, -0.05) is 12.1 Å². The first-order valence-corrected chi connectivity index (χ1v) is 9.10. The molecule has 2 heterocycles. The first kappa shape index (κ1) is 17.9. The topological polar surface area (TPSA) is 69.3 Å². The summed E-state index contributed by atoms with van der Waals surface area (Å²) in [5.41, 5.74) is 3.64. The highest BCUT2D eigenvalue weighted by Crippen LogP contribution is 2.28. The van der Waals surface area contributed by atoms with Gasteiger partial charge in [0.1, 0.15) is 11.3 Å². The van der Waals surface area contributed by atoms with Gasteiger partial charge in [-0.2, -0.15) is 5.10 Å². The largest absolute Gasteiger partial charge is 0.497 e. The maximum Gasteiger partial charge on any atom is 0.287 e. The van der Waals surface area contributed by atoms with E-state index in [-0.39, 0.29) is 5.91 Å². The van der Waals surface area contributed by atoms with Gasteiger partial charge in [0.2, 0.25) is 0 Å². The normalized spacial score (nSPS) is 10.9. The average molecular weight is 375 g/mol. The summed E-state index contributed by atoms with van der Waals surface area (Å²) in [6.45, 7) is 2.41. The minimum Gasteiger partial charge on any atom is -0.497 e. The number of hydrogen-bond acceptors (Lipinski definition) is 4. The molecule has 0 spiro atoms. The molecule has 1 N–H and O–H groups in total. The Morgan fingerprint density at radius 2 is 2.04 bits per heavy atom. The van der Waals surface area contributed by atoms with Crippen molar-refractivity contribution in [2.75, 3.05) is 13.7 Å². The lowest BCUT2D eigenvalue weighted by Gasteiger charge is -2.06. The fourth-order valence-electron chi connectivity index (χ4n) is 3.18. The second-order valence-electron chi connectivity index (χ2n) is 6.54. The summed E-state index contributed by atoms with van der Waals surface area (Å²) < 4.78 is 12.8. The molecule has 6 nitrogen and oxygen atoms in total. The van der Waals surface area contributed by atoms with Crippen molar-refractivity contribution in [2.24, 2.45) is 0 Å². The van der Waals surface area contributed by atoms with Crippen LogP contribution in [0.1, 0.15) is 21.7 Å². The van der Waals surface area contributed by atoms with Crippen molar-refractivity contribution in [1.82, 2.24) is 15.1 Å². The number of carbonyl (C=O) groups excluding carboxylic acids is 1. The highest BCUT2D eigenvalue weighted by molar-refractivity contribution is 5.99. The fraction of sp³-hybridized carbons (Fsp3) is 0.182. The zero-order chi connectivity index (χ0) is 19.5. The number of nitrogens with one attached hydrogen (secondary N) is 1.